The van der Waals surface area contributed by atoms with Gasteiger partial charge in [-0.15, -0.1) is 0 Å². The van der Waals surface area contributed by atoms with Crippen LogP contribution < -0.4 is 60.3 Å². The molecule has 0 unspecified atom stereocenters. The van der Waals surface area contributed by atoms with Gasteiger partial charge in [0.2, 0.25) is 0 Å². The molecule has 6 bridgehead atoms. The lowest BCUT2D eigenvalue weighted by Crippen LogP contribution is -2.75. The van der Waals surface area contributed by atoms with Crippen molar-refractivity contribution in [1.82, 2.24) is 31.9 Å². The minimum absolute atomic E-state index is 0.0323. The molecule has 6 amide bonds. The quantitative estimate of drug-likeness (QED) is 0.0768. The maximum Gasteiger partial charge on any atom is 0.315 e. The van der Waals surface area contributed by atoms with Crippen LogP contribution in [-0.2, 0) is 0 Å². The normalized spacial score (nSPS) is 31.3. The van der Waals surface area contributed by atoms with E-state index >= 15 is 0 Å². The second kappa shape index (κ2) is 20.2. The fourth-order valence-corrected chi connectivity index (χ4v) is 18.2. The lowest BCUT2D eigenvalue weighted by Gasteiger charge is -2.56. The van der Waals surface area contributed by atoms with E-state index in [1.807, 2.05) is 112 Å². The van der Waals surface area contributed by atoms with Crippen molar-refractivity contribution in [3.8, 4) is 34.5 Å². The summed E-state index contributed by atoms with van der Waals surface area (Å²) in [5, 5.41) is 25.9. The van der Waals surface area contributed by atoms with E-state index in [-0.39, 0.29) is 54.0 Å². The number of amides is 6. The van der Waals surface area contributed by atoms with Crippen molar-refractivity contribution < 1.29 is 42.8 Å². The molecule has 6 aliphatic carbocycles. The fraction of sp³-hybridized carbons (Fsp3) is 0.458. The monoisotopic (exact) mass is 1170 g/mol. The van der Waals surface area contributed by atoms with E-state index in [9.17, 15) is 14.4 Å². The van der Waals surface area contributed by atoms with Gasteiger partial charge in [-0.2, -0.15) is 0 Å². The van der Waals surface area contributed by atoms with Gasteiger partial charge in [-0.25, -0.2) is 14.4 Å². The van der Waals surface area contributed by atoms with E-state index in [0.29, 0.717) is 73.0 Å². The number of fused-ring (bicyclic) bond motifs is 9. The van der Waals surface area contributed by atoms with Crippen molar-refractivity contribution >= 4 is 50.4 Å². The molecule has 3 heterocycles. The van der Waals surface area contributed by atoms with Gasteiger partial charge in [0.15, 0.2) is 34.5 Å². The Morgan fingerprint density at radius 2 is 0.552 bits per heavy atom. The molecular formula is C72H78N6O9. The molecule has 15 nitrogen and oxygen atoms in total. The number of rotatable bonds is 9. The zero-order chi connectivity index (χ0) is 58.9. The topological polar surface area (TPSA) is 179 Å². The second-order valence-electron chi connectivity index (χ2n) is 27.0. The molecule has 87 heavy (non-hydrogen) atoms. The number of carbonyl (C=O) groups is 3. The molecule has 7 aromatic carbocycles. The van der Waals surface area contributed by atoms with Gasteiger partial charge < -0.3 is 60.3 Å². The Kier molecular flexibility index (Phi) is 12.6. The molecule has 0 saturated heterocycles. The van der Waals surface area contributed by atoms with E-state index in [2.05, 4.69) is 68.3 Å². The largest absolute Gasteiger partial charge is 0.446 e. The molecule has 6 saturated carbocycles. The summed E-state index contributed by atoms with van der Waals surface area (Å²) in [7, 11) is 0. The van der Waals surface area contributed by atoms with E-state index in [1.165, 1.54) is 0 Å². The fourth-order valence-electron chi connectivity index (χ4n) is 18.2. The smallest absolute Gasteiger partial charge is 0.315 e. The molecule has 15 heteroatoms. The van der Waals surface area contributed by atoms with Crippen molar-refractivity contribution in [3.63, 3.8) is 0 Å². The van der Waals surface area contributed by atoms with Crippen LogP contribution in [-0.4, -0.2) is 52.1 Å². The average Bonchev–Trinajstić information content (AvgIpc) is 1.60. The van der Waals surface area contributed by atoms with Crippen molar-refractivity contribution in [2.45, 2.75) is 188 Å². The summed E-state index contributed by atoms with van der Waals surface area (Å²) in [6, 6.07) is 41.5. The van der Waals surface area contributed by atoms with Gasteiger partial charge in [0.05, 0.1) is 18.1 Å². The first-order valence-electron chi connectivity index (χ1n) is 32.4. The number of hydrogen-bond acceptors (Lipinski definition) is 9. The van der Waals surface area contributed by atoms with Crippen molar-refractivity contribution in [3.05, 3.63) is 144 Å². The van der Waals surface area contributed by atoms with E-state index in [0.717, 1.165) is 126 Å². The maximum absolute atomic E-state index is 14.3. The molecule has 0 radical (unpaired) electrons. The molecule has 3 atom stereocenters. The van der Waals surface area contributed by atoms with Crippen LogP contribution in [0.4, 0.5) is 14.4 Å². The molecule has 16 rings (SSSR count). The highest BCUT2D eigenvalue weighted by molar-refractivity contribution is 6.27. The van der Waals surface area contributed by atoms with E-state index in [4.69, 9.17) is 28.4 Å². The Balaban J connectivity index is 0.808. The lowest BCUT2D eigenvalue weighted by atomic mass is 9.62. The SMILES string of the molecule is C[C@H](NC(=O)NC12CCCC(CCC1)C21Oc2cc3c4cc5c(cc4c4cc6c(cc4c3cc2O1)OC1(O6)C2CCCC1(NC(=O)N[C@@H](C)c1ccccc1)CCC2)OC1(O5)C2CCCC1(NC(=O)N[C@@H](C)c1ccccc1)CCC2)c1ccccc1. The van der Waals surface area contributed by atoms with Crippen LogP contribution in [0.5, 0.6) is 34.5 Å². The first kappa shape index (κ1) is 54.3. The van der Waals surface area contributed by atoms with Crippen LogP contribution >= 0.6 is 0 Å². The molecule has 3 spiro atoms. The van der Waals surface area contributed by atoms with Crippen LogP contribution in [0.2, 0.25) is 0 Å². The predicted molar refractivity (Wildman–Crippen MR) is 332 cm³/mol. The summed E-state index contributed by atoms with van der Waals surface area (Å²) in [6.07, 6.45) is 15.4. The van der Waals surface area contributed by atoms with Gasteiger partial charge in [0.25, 0.3) is 17.4 Å². The number of hydrogen-bond donors (Lipinski definition) is 6. The number of urea groups is 3. The Hall–Kier alpha value is -8.07. The summed E-state index contributed by atoms with van der Waals surface area (Å²) in [6.45, 7) is 6.03. The summed E-state index contributed by atoms with van der Waals surface area (Å²) >= 11 is 0. The third-order valence-corrected chi connectivity index (χ3v) is 22.2. The highest BCUT2D eigenvalue weighted by atomic mass is 16.8. The van der Waals surface area contributed by atoms with Crippen molar-refractivity contribution in [2.75, 3.05) is 0 Å². The Morgan fingerprint density at radius 3 is 0.759 bits per heavy atom. The third kappa shape index (κ3) is 8.35. The first-order valence-corrected chi connectivity index (χ1v) is 32.4. The molecule has 6 fully saturated rings. The van der Waals surface area contributed by atoms with E-state index in [1.54, 1.807) is 0 Å². The minimum Gasteiger partial charge on any atom is -0.446 e. The van der Waals surface area contributed by atoms with Crippen LogP contribution in [0.15, 0.2) is 127 Å². The van der Waals surface area contributed by atoms with Gasteiger partial charge in [0.1, 0.15) is 16.6 Å². The van der Waals surface area contributed by atoms with Crippen molar-refractivity contribution in [1.29, 1.82) is 0 Å². The van der Waals surface area contributed by atoms with E-state index < -0.39 is 34.0 Å². The Bertz CT molecular complexity index is 3340. The standard InChI is InChI=1S/C72H78N6O9/c1-43(46-19-7-4-8-20-46)73-64(79)76-67-31-13-25-49(26-14-32-67)70(67)82-58-37-52-53(38-59(58)83-70)55-40-61-63(87-72(85-61)51-29-17-35-69(72,36-18-30-51)78-66(81)75-45(3)48-23-11-6-12-24-48)42-57(55)56-41-62-60(39-54(52)56)84-71(86-62)50-27-15-33-68(71,34-16-28-50)77-65(80)74-44(2)47-21-9-5-10-22-47/h4-12,19-24,37-45,49-51H,13-18,25-36H2,1-3H3,(H2,73,76,79)(H2,74,77,80)(H2,75,78,81)/t43-,44-,45-,49?,50?,51?,67?,68?,69?,70?,71?,72?/m0/s1. The number of carbonyl (C=O) groups excluding carboxylic acids is 3. The number of benzene rings is 7. The zero-order valence-electron chi connectivity index (χ0n) is 50.0. The molecule has 450 valence electrons. The summed E-state index contributed by atoms with van der Waals surface area (Å²) in [4.78, 5) is 43.0. The van der Waals surface area contributed by atoms with Crippen LogP contribution in [0.1, 0.15) is 171 Å². The average molecular weight is 1170 g/mol. The first-order chi connectivity index (χ1) is 42.3. The highest BCUT2D eigenvalue weighted by Crippen LogP contribution is 2.63. The van der Waals surface area contributed by atoms with Gasteiger partial charge in [-0.1, -0.05) is 130 Å². The van der Waals surface area contributed by atoms with Crippen molar-refractivity contribution in [2.24, 2.45) is 17.8 Å². The molecule has 0 aromatic heterocycles. The highest BCUT2D eigenvalue weighted by Gasteiger charge is 2.70. The van der Waals surface area contributed by atoms with Gasteiger partial charge >= 0.3 is 18.1 Å². The van der Waals surface area contributed by atoms with Crippen LogP contribution in [0, 0.1) is 17.8 Å². The van der Waals surface area contributed by atoms with Gasteiger partial charge in [-0.3, -0.25) is 0 Å². The summed E-state index contributed by atoms with van der Waals surface area (Å²) in [5.41, 5.74) is 0.661. The Labute approximate surface area is 507 Å². The zero-order valence-corrected chi connectivity index (χ0v) is 50.0. The second-order valence-corrected chi connectivity index (χ2v) is 27.0. The minimum atomic E-state index is -1.15. The van der Waals surface area contributed by atoms with Crippen LogP contribution in [0.3, 0.4) is 0 Å². The van der Waals surface area contributed by atoms with Gasteiger partial charge in [0, 0.05) is 17.8 Å². The molecule has 3 aliphatic heterocycles. The summed E-state index contributed by atoms with van der Waals surface area (Å²) in [5.74, 6) is 0.404. The van der Waals surface area contributed by atoms with Gasteiger partial charge in [-0.05, 0) is 183 Å². The number of ether oxygens (including phenoxy) is 6. The lowest BCUT2D eigenvalue weighted by molar-refractivity contribution is -0.222. The third-order valence-electron chi connectivity index (χ3n) is 22.2. The Morgan fingerprint density at radius 1 is 0.345 bits per heavy atom. The summed E-state index contributed by atoms with van der Waals surface area (Å²) < 4.78 is 44.6. The predicted octanol–water partition coefficient (Wildman–Crippen LogP) is 14.9. The maximum atomic E-state index is 14.3. The van der Waals surface area contributed by atoms with Crippen LogP contribution in [0.25, 0.3) is 32.3 Å². The molecule has 6 N–H and O–H groups in total. The molecule has 7 aromatic rings. The molecular weight excluding hydrogens is 1090 g/mol. The number of nitrogens with one attached hydrogen (secondary N) is 6. The molecule has 9 aliphatic rings.